The highest BCUT2D eigenvalue weighted by atomic mass is 16.3. The van der Waals surface area contributed by atoms with E-state index in [9.17, 15) is 0 Å². The van der Waals surface area contributed by atoms with Crippen molar-refractivity contribution >= 4 is 71.7 Å². The van der Waals surface area contributed by atoms with E-state index in [1.807, 2.05) is 12.1 Å². The maximum absolute atomic E-state index is 6.50. The predicted molar refractivity (Wildman–Crippen MR) is 204 cm³/mol. The molecule has 3 heteroatoms. The number of hydrogen-bond donors (Lipinski definition) is 0. The molecule has 0 spiro atoms. The van der Waals surface area contributed by atoms with Gasteiger partial charge in [0, 0.05) is 32.9 Å². The summed E-state index contributed by atoms with van der Waals surface area (Å²) in [6.07, 6.45) is 0. The van der Waals surface area contributed by atoms with E-state index in [0.29, 0.717) is 0 Å². The summed E-state index contributed by atoms with van der Waals surface area (Å²) in [4.78, 5) is 2.33. The minimum atomic E-state index is 0.869. The van der Waals surface area contributed by atoms with E-state index in [4.69, 9.17) is 8.83 Å². The van der Waals surface area contributed by atoms with Gasteiger partial charge in [0.15, 0.2) is 0 Å². The maximum atomic E-state index is 6.50. The van der Waals surface area contributed by atoms with E-state index < -0.39 is 0 Å². The Morgan fingerprint density at radius 1 is 0.347 bits per heavy atom. The fourth-order valence-electron chi connectivity index (χ4n) is 7.29. The Morgan fingerprint density at radius 3 is 1.76 bits per heavy atom. The summed E-state index contributed by atoms with van der Waals surface area (Å²) in [6.45, 7) is 0. The summed E-state index contributed by atoms with van der Waals surface area (Å²) in [5, 5.41) is 6.79. The van der Waals surface area contributed by atoms with E-state index in [-0.39, 0.29) is 0 Å². The summed E-state index contributed by atoms with van der Waals surface area (Å²) in [5.41, 5.74) is 11.4. The van der Waals surface area contributed by atoms with Crippen molar-refractivity contribution in [3.05, 3.63) is 176 Å². The molecule has 3 nitrogen and oxygen atoms in total. The van der Waals surface area contributed by atoms with Crippen LogP contribution in [-0.4, -0.2) is 0 Å². The monoisotopic (exact) mass is 627 g/mol. The summed E-state index contributed by atoms with van der Waals surface area (Å²) in [6, 6.07) is 62.0. The Kier molecular flexibility index (Phi) is 6.18. The normalized spacial score (nSPS) is 11.7. The van der Waals surface area contributed by atoms with E-state index in [2.05, 4.69) is 169 Å². The summed E-state index contributed by atoms with van der Waals surface area (Å²) < 4.78 is 12.8. The molecule has 0 aliphatic heterocycles. The maximum Gasteiger partial charge on any atom is 0.143 e. The molecule has 49 heavy (non-hydrogen) atoms. The molecule has 0 saturated heterocycles. The van der Waals surface area contributed by atoms with Gasteiger partial charge in [0.25, 0.3) is 0 Å². The first-order valence-corrected chi connectivity index (χ1v) is 16.6. The Bertz CT molecular complexity index is 2810. The van der Waals surface area contributed by atoms with E-state index in [1.54, 1.807) is 0 Å². The Labute approximate surface area is 282 Å². The second-order valence-corrected chi connectivity index (χ2v) is 12.5. The average molecular weight is 628 g/mol. The molecule has 8 aromatic carbocycles. The first-order chi connectivity index (χ1) is 24.3. The number of rotatable bonds is 5. The minimum absolute atomic E-state index is 0.869. The molecule has 0 aliphatic carbocycles. The lowest BCUT2D eigenvalue weighted by Gasteiger charge is -2.26. The Hall–Kier alpha value is -6.58. The van der Waals surface area contributed by atoms with Crippen LogP contribution < -0.4 is 4.90 Å². The zero-order valence-corrected chi connectivity index (χ0v) is 26.5. The summed E-state index contributed by atoms with van der Waals surface area (Å²) in [7, 11) is 0. The molecule has 0 atom stereocenters. The van der Waals surface area contributed by atoms with Gasteiger partial charge in [-0.3, -0.25) is 0 Å². The van der Waals surface area contributed by atoms with Gasteiger partial charge >= 0.3 is 0 Å². The third kappa shape index (κ3) is 4.51. The molecule has 0 bridgehead atoms. The van der Waals surface area contributed by atoms with Crippen molar-refractivity contribution in [2.75, 3.05) is 4.90 Å². The molecule has 10 rings (SSSR count). The average Bonchev–Trinajstić information content (AvgIpc) is 3.75. The van der Waals surface area contributed by atoms with Gasteiger partial charge in [-0.2, -0.15) is 0 Å². The van der Waals surface area contributed by atoms with Crippen LogP contribution in [0.15, 0.2) is 185 Å². The largest absolute Gasteiger partial charge is 0.456 e. The van der Waals surface area contributed by atoms with Crippen LogP contribution in [0, 0.1) is 0 Å². The molecule has 2 aromatic heterocycles. The zero-order valence-electron chi connectivity index (χ0n) is 26.5. The van der Waals surface area contributed by atoms with E-state index >= 15 is 0 Å². The molecule has 0 amide bonds. The van der Waals surface area contributed by atoms with Gasteiger partial charge in [0.2, 0.25) is 0 Å². The Balaban J connectivity index is 1.09. The molecule has 10 aromatic rings. The topological polar surface area (TPSA) is 29.5 Å². The smallest absolute Gasteiger partial charge is 0.143 e. The third-order valence-corrected chi connectivity index (χ3v) is 9.68. The molecule has 230 valence electrons. The highest BCUT2D eigenvalue weighted by Gasteiger charge is 2.20. The molecule has 0 N–H and O–H groups in total. The minimum Gasteiger partial charge on any atom is -0.456 e. The molecule has 0 fully saturated rings. The van der Waals surface area contributed by atoms with Gasteiger partial charge in [-0.15, -0.1) is 0 Å². The number of nitrogens with zero attached hydrogens (tertiary/aromatic N) is 1. The molecule has 2 heterocycles. The van der Waals surface area contributed by atoms with Crippen molar-refractivity contribution in [3.8, 4) is 22.3 Å². The molecule has 0 aliphatic rings. The van der Waals surface area contributed by atoms with Gasteiger partial charge in [-0.05, 0) is 88.3 Å². The number of benzene rings is 8. The number of para-hydroxylation sites is 1. The highest BCUT2D eigenvalue weighted by molar-refractivity contribution is 6.16. The lowest BCUT2D eigenvalue weighted by Crippen LogP contribution is -2.10. The molecule has 0 unspecified atom stereocenters. The number of anilines is 3. The fraction of sp³-hybridized carbons (Fsp3) is 0. The van der Waals surface area contributed by atoms with Crippen molar-refractivity contribution in [3.63, 3.8) is 0 Å². The standard InChI is InChI=1S/C46H29NO2/c1-2-9-30(10-3-1)31-17-23-35(24-18-31)47(41-14-8-16-43-45(41)40-13-6-7-15-42(40)48-43)36-25-19-32(20-26-36)34-22-27-38-39-28-21-33-11-4-5-12-37(33)46(39)49-44(38)29-34/h1-29H. The predicted octanol–water partition coefficient (Wildman–Crippen LogP) is 13.4. The van der Waals surface area contributed by atoms with Gasteiger partial charge < -0.3 is 13.7 Å². The van der Waals surface area contributed by atoms with Crippen molar-refractivity contribution in [1.29, 1.82) is 0 Å². The van der Waals surface area contributed by atoms with Crippen LogP contribution >= 0.6 is 0 Å². The molecular weight excluding hydrogens is 599 g/mol. The van der Waals surface area contributed by atoms with Gasteiger partial charge in [0.05, 0.1) is 11.1 Å². The Morgan fingerprint density at radius 2 is 0.959 bits per heavy atom. The second kappa shape index (κ2) is 11.0. The number of furan rings is 2. The van der Waals surface area contributed by atoms with Crippen molar-refractivity contribution in [1.82, 2.24) is 0 Å². The van der Waals surface area contributed by atoms with Crippen LogP contribution in [0.25, 0.3) is 76.9 Å². The fourth-order valence-corrected chi connectivity index (χ4v) is 7.29. The second-order valence-electron chi connectivity index (χ2n) is 12.5. The van der Waals surface area contributed by atoms with Crippen LogP contribution in [0.5, 0.6) is 0 Å². The molecular formula is C46H29NO2. The van der Waals surface area contributed by atoms with Crippen LogP contribution in [0.3, 0.4) is 0 Å². The van der Waals surface area contributed by atoms with Gasteiger partial charge in [-0.25, -0.2) is 0 Å². The SMILES string of the molecule is c1ccc(-c2ccc(N(c3ccc(-c4ccc5c(c4)oc4c6ccccc6ccc54)cc3)c3cccc4oc5ccccc5c34)cc2)cc1. The lowest BCUT2D eigenvalue weighted by atomic mass is 10.0. The van der Waals surface area contributed by atoms with Crippen LogP contribution in [0.4, 0.5) is 17.1 Å². The van der Waals surface area contributed by atoms with Crippen LogP contribution in [0.2, 0.25) is 0 Å². The first-order valence-electron chi connectivity index (χ1n) is 16.6. The van der Waals surface area contributed by atoms with Gasteiger partial charge in [-0.1, -0.05) is 115 Å². The summed E-state index contributed by atoms with van der Waals surface area (Å²) >= 11 is 0. The van der Waals surface area contributed by atoms with Crippen LogP contribution in [0.1, 0.15) is 0 Å². The quantitative estimate of drug-likeness (QED) is 0.190. The van der Waals surface area contributed by atoms with E-state index in [1.165, 1.54) is 16.5 Å². The van der Waals surface area contributed by atoms with Crippen molar-refractivity contribution in [2.45, 2.75) is 0 Å². The van der Waals surface area contributed by atoms with Crippen LogP contribution in [-0.2, 0) is 0 Å². The third-order valence-electron chi connectivity index (χ3n) is 9.68. The van der Waals surface area contributed by atoms with Gasteiger partial charge in [0.1, 0.15) is 22.3 Å². The highest BCUT2D eigenvalue weighted by Crippen LogP contribution is 2.44. The molecule has 0 saturated carbocycles. The first kappa shape index (κ1) is 27.5. The van der Waals surface area contributed by atoms with Crippen molar-refractivity contribution in [2.24, 2.45) is 0 Å². The lowest BCUT2D eigenvalue weighted by molar-refractivity contribution is 0.669. The molecule has 0 radical (unpaired) electrons. The van der Waals surface area contributed by atoms with Crippen molar-refractivity contribution < 1.29 is 8.83 Å². The van der Waals surface area contributed by atoms with E-state index in [0.717, 1.165) is 77.5 Å². The number of hydrogen-bond acceptors (Lipinski definition) is 3. The summed E-state index contributed by atoms with van der Waals surface area (Å²) in [5.74, 6) is 0. The number of fused-ring (bicyclic) bond motifs is 8. The zero-order chi connectivity index (χ0) is 32.3.